The maximum absolute atomic E-state index is 13.3. The van der Waals surface area contributed by atoms with Gasteiger partial charge in [-0.1, -0.05) is 25.5 Å². The second-order valence-electron chi connectivity index (χ2n) is 3.00. The van der Waals surface area contributed by atoms with Crippen molar-refractivity contribution in [1.82, 2.24) is 0 Å². The van der Waals surface area contributed by atoms with Gasteiger partial charge in [-0.2, -0.15) is 0 Å². The van der Waals surface area contributed by atoms with Crippen LogP contribution in [-0.4, -0.2) is 0 Å². The van der Waals surface area contributed by atoms with Crippen molar-refractivity contribution >= 4 is 12.6 Å². The van der Waals surface area contributed by atoms with E-state index in [0.717, 1.165) is 0 Å². The maximum atomic E-state index is 13.3. The van der Waals surface area contributed by atoms with Gasteiger partial charge in [-0.3, -0.25) is 0 Å². The summed E-state index contributed by atoms with van der Waals surface area (Å²) < 4.78 is 26.5. The highest BCUT2D eigenvalue weighted by molar-refractivity contribution is 7.80. The van der Waals surface area contributed by atoms with Gasteiger partial charge in [-0.15, -0.1) is 12.6 Å². The molecule has 0 atom stereocenters. The molecule has 0 unspecified atom stereocenters. The Morgan fingerprint density at radius 1 is 1.23 bits per heavy atom. The average molecular weight is 202 g/mol. The van der Waals surface area contributed by atoms with E-state index in [9.17, 15) is 8.78 Å². The van der Waals surface area contributed by atoms with Gasteiger partial charge in [0.15, 0.2) is 0 Å². The summed E-state index contributed by atoms with van der Waals surface area (Å²) in [5.74, 6) is -2.70. The zero-order valence-electron chi connectivity index (χ0n) is 7.43. The largest absolute Gasteiger partial charge is 0.273 e. The molecule has 0 aliphatic heterocycles. The number of thiol groups is 1. The number of alkyl halides is 2. The molecule has 0 nitrogen and oxygen atoms in total. The summed E-state index contributed by atoms with van der Waals surface area (Å²) >= 11 is 4.03. The first-order chi connectivity index (χ1) is 6.06. The number of hydrogen-bond acceptors (Lipinski definition) is 1. The van der Waals surface area contributed by atoms with Gasteiger partial charge in [0.1, 0.15) is 0 Å². The molecule has 1 rings (SSSR count). The molecular formula is C10H12F2S. The summed E-state index contributed by atoms with van der Waals surface area (Å²) in [5, 5.41) is 0. The smallest absolute Gasteiger partial charge is 0.201 e. The molecule has 0 saturated heterocycles. The SMILES string of the molecule is CCCC(F)(F)c1ccc(S)cc1. The van der Waals surface area contributed by atoms with E-state index < -0.39 is 5.92 Å². The lowest BCUT2D eigenvalue weighted by Crippen LogP contribution is -2.12. The van der Waals surface area contributed by atoms with Crippen LogP contribution in [0, 0.1) is 0 Å². The van der Waals surface area contributed by atoms with E-state index in [1.807, 2.05) is 0 Å². The van der Waals surface area contributed by atoms with Crippen LogP contribution < -0.4 is 0 Å². The number of rotatable bonds is 3. The third-order valence-electron chi connectivity index (χ3n) is 1.85. The lowest BCUT2D eigenvalue weighted by Gasteiger charge is -2.15. The van der Waals surface area contributed by atoms with Crippen molar-refractivity contribution in [2.24, 2.45) is 0 Å². The fourth-order valence-corrected chi connectivity index (χ4v) is 1.31. The highest BCUT2D eigenvalue weighted by atomic mass is 32.1. The minimum absolute atomic E-state index is 0.0761. The molecule has 0 fully saturated rings. The van der Waals surface area contributed by atoms with Crippen molar-refractivity contribution < 1.29 is 8.78 Å². The van der Waals surface area contributed by atoms with Crippen molar-refractivity contribution in [2.75, 3.05) is 0 Å². The highest BCUT2D eigenvalue weighted by Gasteiger charge is 2.29. The van der Waals surface area contributed by atoms with Gasteiger partial charge in [-0.25, -0.2) is 8.78 Å². The summed E-state index contributed by atoms with van der Waals surface area (Å²) in [6.07, 6.45) is 0.383. The monoisotopic (exact) mass is 202 g/mol. The number of hydrogen-bond donors (Lipinski definition) is 1. The Kier molecular flexibility index (Phi) is 3.31. The van der Waals surface area contributed by atoms with Crippen molar-refractivity contribution in [3.63, 3.8) is 0 Å². The summed E-state index contributed by atoms with van der Waals surface area (Å²) in [6, 6.07) is 6.03. The minimum Gasteiger partial charge on any atom is -0.201 e. The first kappa shape index (κ1) is 10.5. The Morgan fingerprint density at radius 2 is 1.77 bits per heavy atom. The molecular weight excluding hydrogens is 190 g/mol. The lowest BCUT2D eigenvalue weighted by atomic mass is 10.0. The second-order valence-corrected chi connectivity index (χ2v) is 3.52. The Balaban J connectivity index is 2.87. The molecule has 3 heteroatoms. The van der Waals surface area contributed by atoms with Crippen LogP contribution in [0.4, 0.5) is 8.78 Å². The standard InChI is InChI=1S/C10H12F2S/c1-2-7-10(11,12)8-3-5-9(13)6-4-8/h3-6,13H,2,7H2,1H3. The van der Waals surface area contributed by atoms with E-state index in [1.54, 1.807) is 19.1 Å². The molecule has 0 aliphatic rings. The van der Waals surface area contributed by atoms with E-state index in [4.69, 9.17) is 0 Å². The van der Waals surface area contributed by atoms with E-state index in [-0.39, 0.29) is 12.0 Å². The van der Waals surface area contributed by atoms with Crippen molar-refractivity contribution in [3.05, 3.63) is 29.8 Å². The third-order valence-corrected chi connectivity index (χ3v) is 2.15. The van der Waals surface area contributed by atoms with Crippen LogP contribution in [0.1, 0.15) is 25.3 Å². The van der Waals surface area contributed by atoms with Crippen LogP contribution in [0.2, 0.25) is 0 Å². The van der Waals surface area contributed by atoms with Crippen LogP contribution in [0.15, 0.2) is 29.2 Å². The zero-order valence-corrected chi connectivity index (χ0v) is 8.32. The first-order valence-corrected chi connectivity index (χ1v) is 4.68. The van der Waals surface area contributed by atoms with E-state index >= 15 is 0 Å². The number of benzene rings is 1. The average Bonchev–Trinajstić information content (AvgIpc) is 2.05. The molecule has 0 amide bonds. The van der Waals surface area contributed by atoms with Gasteiger partial charge in [0.25, 0.3) is 5.92 Å². The van der Waals surface area contributed by atoms with Crippen molar-refractivity contribution in [3.8, 4) is 0 Å². The fourth-order valence-electron chi connectivity index (χ4n) is 1.16. The maximum Gasteiger partial charge on any atom is 0.273 e. The predicted molar refractivity (Wildman–Crippen MR) is 52.5 cm³/mol. The van der Waals surface area contributed by atoms with Crippen LogP contribution in [0.5, 0.6) is 0 Å². The van der Waals surface area contributed by atoms with Gasteiger partial charge in [0.2, 0.25) is 0 Å². The molecule has 0 heterocycles. The molecule has 0 aliphatic carbocycles. The molecule has 0 N–H and O–H groups in total. The summed E-state index contributed by atoms with van der Waals surface area (Å²) in [5.41, 5.74) is 0.0761. The molecule has 0 radical (unpaired) electrons. The van der Waals surface area contributed by atoms with Gasteiger partial charge >= 0.3 is 0 Å². The van der Waals surface area contributed by atoms with Crippen molar-refractivity contribution in [2.45, 2.75) is 30.6 Å². The van der Waals surface area contributed by atoms with Crippen LogP contribution in [0.3, 0.4) is 0 Å². The molecule has 13 heavy (non-hydrogen) atoms. The predicted octanol–water partition coefficient (Wildman–Crippen LogP) is 3.87. The second kappa shape index (κ2) is 4.09. The summed E-state index contributed by atoms with van der Waals surface area (Å²) in [7, 11) is 0. The summed E-state index contributed by atoms with van der Waals surface area (Å²) in [4.78, 5) is 0.705. The minimum atomic E-state index is -2.70. The molecule has 1 aromatic rings. The molecule has 0 aromatic heterocycles. The zero-order chi connectivity index (χ0) is 9.90. The van der Waals surface area contributed by atoms with E-state index in [1.165, 1.54) is 12.1 Å². The van der Waals surface area contributed by atoms with Crippen LogP contribution >= 0.6 is 12.6 Å². The van der Waals surface area contributed by atoms with Gasteiger partial charge in [0, 0.05) is 16.9 Å². The Labute approximate surface area is 82.4 Å². The lowest BCUT2D eigenvalue weighted by molar-refractivity contribution is -0.0140. The molecule has 0 saturated carbocycles. The molecule has 0 spiro atoms. The third kappa shape index (κ3) is 2.69. The quantitative estimate of drug-likeness (QED) is 0.707. The van der Waals surface area contributed by atoms with Gasteiger partial charge < -0.3 is 0 Å². The van der Waals surface area contributed by atoms with Crippen LogP contribution in [-0.2, 0) is 5.92 Å². The first-order valence-electron chi connectivity index (χ1n) is 4.23. The molecule has 1 aromatic carbocycles. The molecule has 72 valence electrons. The van der Waals surface area contributed by atoms with Crippen molar-refractivity contribution in [1.29, 1.82) is 0 Å². The number of halogens is 2. The highest BCUT2D eigenvalue weighted by Crippen LogP contribution is 2.32. The van der Waals surface area contributed by atoms with E-state index in [2.05, 4.69) is 12.6 Å². The summed E-state index contributed by atoms with van der Waals surface area (Å²) in [6.45, 7) is 1.75. The Hall–Kier alpha value is -0.570. The molecule has 0 bridgehead atoms. The van der Waals surface area contributed by atoms with Gasteiger partial charge in [-0.05, 0) is 12.1 Å². The van der Waals surface area contributed by atoms with Crippen LogP contribution in [0.25, 0.3) is 0 Å². The normalized spacial score (nSPS) is 11.7. The topological polar surface area (TPSA) is 0 Å². The fraction of sp³-hybridized carbons (Fsp3) is 0.400. The van der Waals surface area contributed by atoms with E-state index in [0.29, 0.717) is 11.3 Å². The Bertz CT molecular complexity index is 267. The Morgan fingerprint density at radius 3 is 2.23 bits per heavy atom. The van der Waals surface area contributed by atoms with Gasteiger partial charge in [0.05, 0.1) is 0 Å².